The smallest absolute Gasteiger partial charge is 0.225 e. The molecular weight excluding hydrogens is 368 g/mol. The molecule has 150 valence electrons. The van der Waals surface area contributed by atoms with E-state index in [1.54, 1.807) is 0 Å². The molecule has 2 fully saturated rings. The molecule has 2 aliphatic heterocycles. The highest BCUT2D eigenvalue weighted by atomic mass is 32.2. The number of hydrogen-bond acceptors (Lipinski definition) is 6. The zero-order chi connectivity index (χ0) is 19.6. The molecule has 0 aliphatic carbocycles. The van der Waals surface area contributed by atoms with Crippen LogP contribution in [0.1, 0.15) is 37.2 Å². The molecule has 1 unspecified atom stereocenters. The lowest BCUT2D eigenvalue weighted by molar-refractivity contribution is -0.139. The van der Waals surface area contributed by atoms with Crippen LogP contribution >= 0.6 is 0 Å². The van der Waals surface area contributed by atoms with Gasteiger partial charge in [-0.05, 0) is 39.5 Å². The average Bonchev–Trinajstić information content (AvgIpc) is 2.60. The largest absolute Gasteiger partial charge is 0.472 e. The molecule has 0 radical (unpaired) electrons. The second kappa shape index (κ2) is 8.10. The first-order valence-electron chi connectivity index (χ1n) is 9.45. The van der Waals surface area contributed by atoms with Gasteiger partial charge in [0.15, 0.2) is 0 Å². The maximum Gasteiger partial charge on any atom is 0.225 e. The van der Waals surface area contributed by atoms with Crippen molar-refractivity contribution in [2.24, 2.45) is 5.92 Å². The molecule has 2 saturated heterocycles. The van der Waals surface area contributed by atoms with Crippen LogP contribution in [0.5, 0.6) is 5.88 Å². The fourth-order valence-electron chi connectivity index (χ4n) is 3.84. The number of piperidine rings is 2. The van der Waals surface area contributed by atoms with E-state index in [1.165, 1.54) is 10.6 Å². The number of carbonyl (C=O) groups is 1. The molecule has 0 N–H and O–H groups in total. The molecule has 1 amide bonds. The van der Waals surface area contributed by atoms with E-state index in [0.29, 0.717) is 44.2 Å². The Morgan fingerprint density at radius 2 is 1.85 bits per heavy atom. The average molecular weight is 397 g/mol. The van der Waals surface area contributed by atoms with Crippen molar-refractivity contribution in [2.45, 2.75) is 45.6 Å². The van der Waals surface area contributed by atoms with Gasteiger partial charge in [-0.1, -0.05) is 0 Å². The third-order valence-electron chi connectivity index (χ3n) is 5.19. The van der Waals surface area contributed by atoms with Crippen LogP contribution < -0.4 is 4.74 Å². The van der Waals surface area contributed by atoms with Crippen LogP contribution in [0.3, 0.4) is 0 Å². The third-order valence-corrected chi connectivity index (χ3v) is 6.50. The molecule has 0 bridgehead atoms. The predicted octanol–water partition coefficient (Wildman–Crippen LogP) is 1.13. The van der Waals surface area contributed by atoms with Crippen molar-refractivity contribution >= 4 is 15.9 Å². The maximum absolute atomic E-state index is 12.9. The molecule has 3 rings (SSSR count). The van der Waals surface area contributed by atoms with Gasteiger partial charge in [0.1, 0.15) is 11.9 Å². The number of hydrogen-bond donors (Lipinski definition) is 0. The monoisotopic (exact) mass is 396 g/mol. The minimum absolute atomic E-state index is 0.0764. The summed E-state index contributed by atoms with van der Waals surface area (Å²) in [7, 11) is -3.17. The van der Waals surface area contributed by atoms with Gasteiger partial charge in [-0.3, -0.25) is 4.79 Å². The molecule has 2 aliphatic rings. The van der Waals surface area contributed by atoms with Crippen LogP contribution in [0.25, 0.3) is 0 Å². The Balaban J connectivity index is 1.57. The molecule has 0 spiro atoms. The summed E-state index contributed by atoms with van der Waals surface area (Å²) in [4.78, 5) is 23.3. The number of ether oxygens (including phenoxy) is 1. The first-order chi connectivity index (χ1) is 12.7. The van der Waals surface area contributed by atoms with Crippen molar-refractivity contribution in [2.75, 3.05) is 32.4 Å². The van der Waals surface area contributed by atoms with E-state index >= 15 is 0 Å². The quantitative estimate of drug-likeness (QED) is 0.758. The van der Waals surface area contributed by atoms with Crippen molar-refractivity contribution in [3.8, 4) is 5.88 Å². The molecule has 1 aromatic heterocycles. The van der Waals surface area contributed by atoms with Gasteiger partial charge >= 0.3 is 0 Å². The summed E-state index contributed by atoms with van der Waals surface area (Å²) in [5.74, 6) is 1.24. The zero-order valence-electron chi connectivity index (χ0n) is 16.2. The molecule has 1 atom stereocenters. The van der Waals surface area contributed by atoms with E-state index < -0.39 is 10.0 Å². The lowest BCUT2D eigenvalue weighted by Gasteiger charge is -2.37. The number of sulfonamides is 1. The van der Waals surface area contributed by atoms with Gasteiger partial charge in [-0.2, -0.15) is 4.98 Å². The van der Waals surface area contributed by atoms with Gasteiger partial charge < -0.3 is 9.64 Å². The summed E-state index contributed by atoms with van der Waals surface area (Å²) < 4.78 is 30.7. The molecule has 27 heavy (non-hydrogen) atoms. The lowest BCUT2D eigenvalue weighted by Crippen LogP contribution is -2.49. The summed E-state index contributed by atoms with van der Waals surface area (Å²) in [5, 5.41) is 0. The van der Waals surface area contributed by atoms with Gasteiger partial charge in [-0.25, -0.2) is 17.7 Å². The fourth-order valence-corrected chi connectivity index (χ4v) is 4.72. The lowest BCUT2D eigenvalue weighted by atomic mass is 9.95. The Bertz CT molecular complexity index is 770. The molecule has 0 aromatic carbocycles. The highest BCUT2D eigenvalue weighted by molar-refractivity contribution is 7.88. The van der Waals surface area contributed by atoms with Crippen molar-refractivity contribution in [3.63, 3.8) is 0 Å². The predicted molar refractivity (Wildman–Crippen MR) is 101 cm³/mol. The minimum Gasteiger partial charge on any atom is -0.472 e. The Hall–Kier alpha value is -1.74. The van der Waals surface area contributed by atoms with Crippen molar-refractivity contribution in [1.82, 2.24) is 19.2 Å². The van der Waals surface area contributed by atoms with Crippen molar-refractivity contribution < 1.29 is 17.9 Å². The summed E-state index contributed by atoms with van der Waals surface area (Å²) in [5.41, 5.74) is 0.860. The third kappa shape index (κ3) is 5.16. The van der Waals surface area contributed by atoms with Crippen molar-refractivity contribution in [1.29, 1.82) is 0 Å². The number of amides is 1. The minimum atomic E-state index is -3.17. The van der Waals surface area contributed by atoms with Gasteiger partial charge in [0.25, 0.3) is 0 Å². The normalized spacial score (nSPS) is 22.6. The number of aryl methyl sites for hydroxylation is 2. The van der Waals surface area contributed by atoms with Crippen LogP contribution in [-0.4, -0.2) is 72.0 Å². The fraction of sp³-hybridized carbons (Fsp3) is 0.722. The summed E-state index contributed by atoms with van der Waals surface area (Å²) in [6.45, 7) is 5.85. The second-order valence-electron chi connectivity index (χ2n) is 7.50. The SMILES string of the molecule is Cc1cc(OC2CCCN(C(=O)C3CCN(S(C)(=O)=O)CC3)C2)nc(C)n1. The van der Waals surface area contributed by atoms with E-state index in [2.05, 4.69) is 9.97 Å². The standard InChI is InChI=1S/C18H28N4O4S/c1-13-11-17(20-14(2)19-13)26-16-5-4-8-21(12-16)18(23)15-6-9-22(10-7-15)27(3,24)25/h11,15-16H,4-10,12H2,1-3H3. The molecule has 3 heterocycles. The van der Waals surface area contributed by atoms with E-state index in [-0.39, 0.29) is 17.9 Å². The van der Waals surface area contributed by atoms with Crippen molar-refractivity contribution in [3.05, 3.63) is 17.6 Å². The molecular formula is C18H28N4O4S. The van der Waals surface area contributed by atoms with Gasteiger partial charge in [0.05, 0.1) is 12.8 Å². The highest BCUT2D eigenvalue weighted by Crippen LogP contribution is 2.24. The summed E-state index contributed by atoms with van der Waals surface area (Å²) in [6.07, 6.45) is 4.09. The zero-order valence-corrected chi connectivity index (χ0v) is 17.0. The number of rotatable bonds is 4. The van der Waals surface area contributed by atoms with Crippen LogP contribution in [0.15, 0.2) is 6.07 Å². The van der Waals surface area contributed by atoms with Crippen LogP contribution in [0.4, 0.5) is 0 Å². The molecule has 0 saturated carbocycles. The van der Waals surface area contributed by atoms with Crippen LogP contribution in [-0.2, 0) is 14.8 Å². The second-order valence-corrected chi connectivity index (χ2v) is 9.48. The summed E-state index contributed by atoms with van der Waals surface area (Å²) >= 11 is 0. The highest BCUT2D eigenvalue weighted by Gasteiger charge is 2.33. The van der Waals surface area contributed by atoms with Gasteiger partial charge in [0, 0.05) is 37.3 Å². The maximum atomic E-state index is 12.9. The van der Waals surface area contributed by atoms with Crippen LogP contribution in [0, 0.1) is 19.8 Å². The Morgan fingerprint density at radius 3 is 2.48 bits per heavy atom. The Kier molecular flexibility index (Phi) is 6.00. The first-order valence-corrected chi connectivity index (χ1v) is 11.3. The van der Waals surface area contributed by atoms with Crippen LogP contribution in [0.2, 0.25) is 0 Å². The Labute approximate surface area is 161 Å². The molecule has 8 nitrogen and oxygen atoms in total. The van der Waals surface area contributed by atoms with E-state index in [4.69, 9.17) is 4.74 Å². The Morgan fingerprint density at radius 1 is 1.15 bits per heavy atom. The molecule has 9 heteroatoms. The topological polar surface area (TPSA) is 92.7 Å². The number of carbonyl (C=O) groups excluding carboxylic acids is 1. The number of likely N-dealkylation sites (tertiary alicyclic amines) is 1. The first kappa shape index (κ1) is 20.0. The van der Waals surface area contributed by atoms with E-state index in [0.717, 1.165) is 25.1 Å². The van der Waals surface area contributed by atoms with Gasteiger partial charge in [-0.15, -0.1) is 0 Å². The molecule has 1 aromatic rings. The summed E-state index contributed by atoms with van der Waals surface area (Å²) in [6, 6.07) is 1.81. The van der Waals surface area contributed by atoms with Gasteiger partial charge in [0.2, 0.25) is 21.8 Å². The number of nitrogens with zero attached hydrogens (tertiary/aromatic N) is 4. The van der Waals surface area contributed by atoms with E-state index in [9.17, 15) is 13.2 Å². The number of aromatic nitrogens is 2. The van der Waals surface area contributed by atoms with E-state index in [1.807, 2.05) is 24.8 Å².